The molecule has 0 aromatic carbocycles. The molecule has 0 spiro atoms. The molecule has 84 valence electrons. The van der Waals surface area contributed by atoms with E-state index >= 15 is 0 Å². The van der Waals surface area contributed by atoms with Crippen molar-refractivity contribution in [1.82, 2.24) is 0 Å². The molecule has 0 unspecified atom stereocenters. The van der Waals surface area contributed by atoms with Gasteiger partial charge < -0.3 is 9.47 Å². The van der Waals surface area contributed by atoms with E-state index in [4.69, 9.17) is 9.47 Å². The summed E-state index contributed by atoms with van der Waals surface area (Å²) >= 11 is 0. The number of ketones is 1. The van der Waals surface area contributed by atoms with E-state index in [1.54, 1.807) is 13.0 Å². The van der Waals surface area contributed by atoms with Crippen molar-refractivity contribution < 1.29 is 14.3 Å². The maximum Gasteiger partial charge on any atom is 0.253 e. The molecule has 1 aliphatic carbocycles. The van der Waals surface area contributed by atoms with Gasteiger partial charge in [0.1, 0.15) is 0 Å². The zero-order valence-electron chi connectivity index (χ0n) is 9.96. The molecule has 1 rings (SSSR count). The highest BCUT2D eigenvalue weighted by Crippen LogP contribution is 2.29. The van der Waals surface area contributed by atoms with Gasteiger partial charge in [-0.25, -0.2) is 0 Å². The van der Waals surface area contributed by atoms with Crippen LogP contribution in [0, 0.1) is 5.92 Å². The molecule has 15 heavy (non-hydrogen) atoms. The normalized spacial score (nSPS) is 20.3. The van der Waals surface area contributed by atoms with Gasteiger partial charge in [0.2, 0.25) is 5.78 Å². The lowest BCUT2D eigenvalue weighted by molar-refractivity contribution is -0.182. The van der Waals surface area contributed by atoms with Gasteiger partial charge in [-0.3, -0.25) is 4.79 Å². The summed E-state index contributed by atoms with van der Waals surface area (Å²) in [6, 6.07) is 0. The fraction of sp³-hybridized carbons (Fsp3) is 0.583. The number of carbonyl (C=O) groups is 1. The Balaban J connectivity index is 3.20. The van der Waals surface area contributed by atoms with Crippen molar-refractivity contribution >= 4 is 5.78 Å². The Hall–Kier alpha value is -0.930. The lowest BCUT2D eigenvalue weighted by Gasteiger charge is -2.30. The second-order valence-electron chi connectivity index (χ2n) is 4.03. The average molecular weight is 210 g/mol. The highest BCUT2D eigenvalue weighted by molar-refractivity contribution is 6.03. The standard InChI is InChI=1S/C12H18O3/c1-8(2)10-6-9(3)11(13)12(7-10,14-4)15-5/h6-8H,1-5H3. The predicted octanol–water partition coefficient (Wildman–Crippen LogP) is 2.09. The third kappa shape index (κ3) is 2.03. The van der Waals surface area contributed by atoms with Crippen LogP contribution < -0.4 is 0 Å². The number of hydrogen-bond acceptors (Lipinski definition) is 3. The summed E-state index contributed by atoms with van der Waals surface area (Å²) in [5.74, 6) is -1.01. The van der Waals surface area contributed by atoms with Gasteiger partial charge in [0.05, 0.1) is 0 Å². The van der Waals surface area contributed by atoms with Crippen LogP contribution in [0.5, 0.6) is 0 Å². The van der Waals surface area contributed by atoms with Crippen molar-refractivity contribution in [1.29, 1.82) is 0 Å². The first-order chi connectivity index (χ1) is 6.96. The van der Waals surface area contributed by atoms with Crippen molar-refractivity contribution in [3.8, 4) is 0 Å². The molecule has 0 saturated heterocycles. The minimum atomic E-state index is -1.22. The van der Waals surface area contributed by atoms with Crippen LogP contribution in [0.25, 0.3) is 0 Å². The second-order valence-corrected chi connectivity index (χ2v) is 4.03. The molecule has 0 amide bonds. The molecular formula is C12H18O3. The number of hydrogen-bond donors (Lipinski definition) is 0. The number of methoxy groups -OCH3 is 2. The van der Waals surface area contributed by atoms with E-state index in [0.29, 0.717) is 11.5 Å². The Morgan fingerprint density at radius 2 is 1.80 bits per heavy atom. The van der Waals surface area contributed by atoms with Gasteiger partial charge in [0, 0.05) is 14.2 Å². The molecule has 0 bridgehead atoms. The number of ether oxygens (including phenoxy) is 2. The molecule has 0 radical (unpaired) electrons. The monoisotopic (exact) mass is 210 g/mol. The van der Waals surface area contributed by atoms with Gasteiger partial charge in [0.15, 0.2) is 0 Å². The lowest BCUT2D eigenvalue weighted by Crippen LogP contribution is -2.43. The highest BCUT2D eigenvalue weighted by Gasteiger charge is 2.40. The molecule has 0 fully saturated rings. The number of Topliss-reactive ketones (excluding diaryl/α,β-unsaturated/α-hetero) is 1. The predicted molar refractivity (Wildman–Crippen MR) is 58.4 cm³/mol. The molecule has 3 nitrogen and oxygen atoms in total. The minimum Gasteiger partial charge on any atom is -0.344 e. The zero-order chi connectivity index (χ0) is 11.6. The zero-order valence-corrected chi connectivity index (χ0v) is 9.96. The fourth-order valence-electron chi connectivity index (χ4n) is 1.64. The Kier molecular flexibility index (Phi) is 3.47. The van der Waals surface area contributed by atoms with E-state index in [9.17, 15) is 4.79 Å². The first-order valence-electron chi connectivity index (χ1n) is 5.03. The van der Waals surface area contributed by atoms with E-state index < -0.39 is 5.79 Å². The summed E-state index contributed by atoms with van der Waals surface area (Å²) in [4.78, 5) is 11.9. The Morgan fingerprint density at radius 1 is 1.27 bits per heavy atom. The van der Waals surface area contributed by atoms with Crippen molar-refractivity contribution in [2.75, 3.05) is 14.2 Å². The third-order valence-corrected chi connectivity index (χ3v) is 2.69. The van der Waals surface area contributed by atoms with E-state index in [2.05, 4.69) is 13.8 Å². The summed E-state index contributed by atoms with van der Waals surface area (Å²) in [7, 11) is 2.96. The molecule has 0 saturated carbocycles. The minimum absolute atomic E-state index is 0.128. The third-order valence-electron chi connectivity index (χ3n) is 2.69. The SMILES string of the molecule is COC1(OC)C=C(C(C)C)C=C(C)C1=O. The summed E-state index contributed by atoms with van der Waals surface area (Å²) in [6.07, 6.45) is 3.65. The van der Waals surface area contributed by atoms with Crippen LogP contribution in [0.15, 0.2) is 23.3 Å². The average Bonchev–Trinajstić information content (AvgIpc) is 2.22. The largest absolute Gasteiger partial charge is 0.344 e. The van der Waals surface area contributed by atoms with Gasteiger partial charge in [-0.05, 0) is 30.1 Å². The van der Waals surface area contributed by atoms with Crippen LogP contribution in [0.3, 0.4) is 0 Å². The smallest absolute Gasteiger partial charge is 0.253 e. The first-order valence-corrected chi connectivity index (χ1v) is 5.03. The molecule has 0 aromatic rings. The molecule has 1 aliphatic rings. The summed E-state index contributed by atoms with van der Waals surface area (Å²) in [6.45, 7) is 5.92. The van der Waals surface area contributed by atoms with Crippen molar-refractivity contribution in [2.45, 2.75) is 26.6 Å². The van der Waals surface area contributed by atoms with Gasteiger partial charge in [0.25, 0.3) is 5.79 Å². The quantitative estimate of drug-likeness (QED) is 0.669. The topological polar surface area (TPSA) is 35.5 Å². The molecule has 0 aliphatic heterocycles. The van der Waals surface area contributed by atoms with Crippen LogP contribution in [-0.4, -0.2) is 25.8 Å². The van der Waals surface area contributed by atoms with Gasteiger partial charge in [-0.15, -0.1) is 0 Å². The molecule has 0 N–H and O–H groups in total. The number of allylic oxidation sites excluding steroid dienone is 2. The second kappa shape index (κ2) is 4.29. The van der Waals surface area contributed by atoms with Crippen LogP contribution in [0.4, 0.5) is 0 Å². The van der Waals surface area contributed by atoms with E-state index in [-0.39, 0.29) is 5.78 Å². The Morgan fingerprint density at radius 3 is 2.20 bits per heavy atom. The summed E-state index contributed by atoms with van der Waals surface area (Å²) < 4.78 is 10.4. The summed E-state index contributed by atoms with van der Waals surface area (Å²) in [5, 5.41) is 0. The highest BCUT2D eigenvalue weighted by atomic mass is 16.7. The molecule has 0 heterocycles. The fourth-order valence-corrected chi connectivity index (χ4v) is 1.64. The molecule has 3 heteroatoms. The van der Waals surface area contributed by atoms with Crippen molar-refractivity contribution in [3.05, 3.63) is 23.3 Å². The van der Waals surface area contributed by atoms with Gasteiger partial charge in [-0.2, -0.15) is 0 Å². The van der Waals surface area contributed by atoms with Crippen molar-refractivity contribution in [2.24, 2.45) is 5.92 Å². The molecule has 0 atom stereocenters. The Labute approximate surface area is 90.8 Å². The van der Waals surface area contributed by atoms with Gasteiger partial charge in [-0.1, -0.05) is 19.9 Å². The number of carbonyl (C=O) groups excluding carboxylic acids is 1. The Bertz CT molecular complexity index is 320. The molecule has 0 aromatic heterocycles. The van der Waals surface area contributed by atoms with E-state index in [1.165, 1.54) is 14.2 Å². The van der Waals surface area contributed by atoms with Crippen LogP contribution >= 0.6 is 0 Å². The van der Waals surface area contributed by atoms with Crippen LogP contribution in [0.2, 0.25) is 0 Å². The number of rotatable bonds is 3. The van der Waals surface area contributed by atoms with Crippen LogP contribution in [-0.2, 0) is 14.3 Å². The lowest BCUT2D eigenvalue weighted by atomic mass is 9.89. The van der Waals surface area contributed by atoms with Gasteiger partial charge >= 0.3 is 0 Å². The maximum absolute atomic E-state index is 11.9. The first kappa shape index (κ1) is 12.1. The van der Waals surface area contributed by atoms with E-state index in [1.807, 2.05) is 6.08 Å². The maximum atomic E-state index is 11.9. The molecular weight excluding hydrogens is 192 g/mol. The van der Waals surface area contributed by atoms with E-state index in [0.717, 1.165) is 5.57 Å². The van der Waals surface area contributed by atoms with Crippen molar-refractivity contribution in [3.63, 3.8) is 0 Å². The van der Waals surface area contributed by atoms with Crippen LogP contribution in [0.1, 0.15) is 20.8 Å². The summed E-state index contributed by atoms with van der Waals surface area (Å²) in [5.41, 5.74) is 1.74.